The lowest BCUT2D eigenvalue weighted by molar-refractivity contribution is 0.371. The van der Waals surface area contributed by atoms with E-state index in [0.29, 0.717) is 10.8 Å². The monoisotopic (exact) mass is 422 g/mol. The largest absolute Gasteiger partial charge is 0.357 e. The molecule has 152 valence electrons. The van der Waals surface area contributed by atoms with Crippen LogP contribution in [0.4, 0.5) is 5.82 Å². The first-order chi connectivity index (χ1) is 13.6. The van der Waals surface area contributed by atoms with E-state index in [1.807, 2.05) is 31.3 Å². The lowest BCUT2D eigenvalue weighted by Gasteiger charge is -2.37. The highest BCUT2D eigenvalue weighted by Crippen LogP contribution is 2.15. The molecule has 1 saturated heterocycles. The van der Waals surface area contributed by atoms with E-state index < -0.39 is 10.0 Å². The van der Waals surface area contributed by atoms with Crippen molar-refractivity contribution in [2.24, 2.45) is 4.99 Å². The van der Waals surface area contributed by atoms with Crippen molar-refractivity contribution in [3.05, 3.63) is 41.9 Å². The van der Waals surface area contributed by atoms with Crippen LogP contribution in [0, 0.1) is 0 Å². The lowest BCUT2D eigenvalue weighted by Crippen LogP contribution is -2.52. The van der Waals surface area contributed by atoms with Crippen LogP contribution in [0.1, 0.15) is 6.92 Å². The molecule has 3 rings (SSSR count). The summed E-state index contributed by atoms with van der Waals surface area (Å²) in [6.45, 7) is 6.85. The van der Waals surface area contributed by atoms with Gasteiger partial charge in [-0.1, -0.05) is 12.1 Å². The van der Waals surface area contributed by atoms with Crippen LogP contribution in [-0.2, 0) is 10.0 Å². The average Bonchev–Trinajstić information content (AvgIpc) is 3.27. The SMILES string of the molecule is CCNC(=NCCNS(=O)(=O)c1cccs1)N1CCN(c2ccccn2)CC1. The Hall–Kier alpha value is -2.17. The normalized spacial score (nSPS) is 15.7. The van der Waals surface area contributed by atoms with Crippen LogP contribution in [0.15, 0.2) is 51.1 Å². The van der Waals surface area contributed by atoms with Crippen molar-refractivity contribution in [2.45, 2.75) is 11.1 Å². The zero-order valence-electron chi connectivity index (χ0n) is 15.9. The number of anilines is 1. The van der Waals surface area contributed by atoms with Crippen molar-refractivity contribution in [1.82, 2.24) is 19.9 Å². The van der Waals surface area contributed by atoms with Crippen molar-refractivity contribution in [3.63, 3.8) is 0 Å². The summed E-state index contributed by atoms with van der Waals surface area (Å²) >= 11 is 1.21. The fraction of sp³-hybridized carbons (Fsp3) is 0.444. The van der Waals surface area contributed by atoms with Gasteiger partial charge in [0.15, 0.2) is 5.96 Å². The number of pyridine rings is 1. The zero-order valence-corrected chi connectivity index (χ0v) is 17.5. The van der Waals surface area contributed by atoms with Crippen LogP contribution in [0.2, 0.25) is 0 Å². The first-order valence-electron chi connectivity index (χ1n) is 9.32. The molecule has 8 nitrogen and oxygen atoms in total. The van der Waals surface area contributed by atoms with Gasteiger partial charge >= 0.3 is 0 Å². The number of piperazine rings is 1. The van der Waals surface area contributed by atoms with Gasteiger partial charge in [-0.2, -0.15) is 0 Å². The van der Waals surface area contributed by atoms with E-state index in [1.54, 1.807) is 17.5 Å². The minimum atomic E-state index is -3.44. The third-order valence-electron chi connectivity index (χ3n) is 4.31. The van der Waals surface area contributed by atoms with E-state index in [9.17, 15) is 8.42 Å². The van der Waals surface area contributed by atoms with Gasteiger partial charge in [0.1, 0.15) is 10.0 Å². The lowest BCUT2D eigenvalue weighted by atomic mass is 10.3. The van der Waals surface area contributed by atoms with Crippen LogP contribution in [0.3, 0.4) is 0 Å². The summed E-state index contributed by atoms with van der Waals surface area (Å²) in [6.07, 6.45) is 1.81. The molecule has 0 unspecified atom stereocenters. The number of rotatable bonds is 7. The number of nitrogens with one attached hydrogen (secondary N) is 2. The third kappa shape index (κ3) is 5.43. The molecule has 0 amide bonds. The molecule has 0 aliphatic carbocycles. The van der Waals surface area contributed by atoms with Crippen LogP contribution >= 0.6 is 11.3 Å². The minimum absolute atomic E-state index is 0.267. The van der Waals surface area contributed by atoms with Gasteiger partial charge in [-0.25, -0.2) is 18.1 Å². The van der Waals surface area contributed by atoms with E-state index >= 15 is 0 Å². The smallest absolute Gasteiger partial charge is 0.250 e. The maximum Gasteiger partial charge on any atom is 0.250 e. The second kappa shape index (κ2) is 9.85. The number of sulfonamides is 1. The van der Waals surface area contributed by atoms with Crippen LogP contribution in [-0.4, -0.2) is 70.1 Å². The van der Waals surface area contributed by atoms with E-state index in [4.69, 9.17) is 0 Å². The first kappa shape index (κ1) is 20.6. The average molecular weight is 423 g/mol. The summed E-state index contributed by atoms with van der Waals surface area (Å²) in [7, 11) is -3.44. The highest BCUT2D eigenvalue weighted by Gasteiger charge is 2.20. The molecule has 10 heteroatoms. The summed E-state index contributed by atoms with van der Waals surface area (Å²) in [5.41, 5.74) is 0. The predicted octanol–water partition coefficient (Wildman–Crippen LogP) is 1.21. The van der Waals surface area contributed by atoms with Gasteiger partial charge in [-0.3, -0.25) is 4.99 Å². The summed E-state index contributed by atoms with van der Waals surface area (Å²) in [5, 5.41) is 5.05. The quantitative estimate of drug-likeness (QED) is 0.396. The summed E-state index contributed by atoms with van der Waals surface area (Å²) in [4.78, 5) is 13.5. The van der Waals surface area contributed by atoms with Crippen molar-refractivity contribution >= 4 is 33.1 Å². The molecule has 0 spiro atoms. The molecule has 0 atom stereocenters. The third-order valence-corrected chi connectivity index (χ3v) is 7.17. The highest BCUT2D eigenvalue weighted by molar-refractivity contribution is 7.91. The Balaban J connectivity index is 1.52. The van der Waals surface area contributed by atoms with Gasteiger partial charge in [0.2, 0.25) is 10.0 Å². The molecule has 1 fully saturated rings. The van der Waals surface area contributed by atoms with Gasteiger partial charge in [0.05, 0.1) is 6.54 Å². The van der Waals surface area contributed by atoms with Gasteiger partial charge in [-0.15, -0.1) is 11.3 Å². The number of hydrogen-bond donors (Lipinski definition) is 2. The number of aromatic nitrogens is 1. The molecule has 28 heavy (non-hydrogen) atoms. The van der Waals surface area contributed by atoms with E-state index in [1.165, 1.54) is 11.3 Å². The summed E-state index contributed by atoms with van der Waals surface area (Å²) in [6, 6.07) is 9.27. The second-order valence-electron chi connectivity index (χ2n) is 6.23. The Bertz CT molecular complexity index is 847. The molecule has 2 N–H and O–H groups in total. The van der Waals surface area contributed by atoms with Crippen LogP contribution in [0.25, 0.3) is 0 Å². The summed E-state index contributed by atoms with van der Waals surface area (Å²) < 4.78 is 27.2. The van der Waals surface area contributed by atoms with E-state index in [2.05, 4.69) is 29.8 Å². The molecule has 0 bridgehead atoms. The number of nitrogens with zero attached hydrogens (tertiary/aromatic N) is 4. The maximum atomic E-state index is 12.1. The minimum Gasteiger partial charge on any atom is -0.357 e. The number of aliphatic imine (C=N–C) groups is 1. The molecule has 1 aliphatic heterocycles. The molecule has 0 aromatic carbocycles. The van der Waals surface area contributed by atoms with E-state index in [0.717, 1.165) is 44.5 Å². The molecule has 0 saturated carbocycles. The van der Waals surface area contributed by atoms with Gasteiger partial charge < -0.3 is 15.1 Å². The van der Waals surface area contributed by atoms with E-state index in [-0.39, 0.29) is 6.54 Å². The zero-order chi connectivity index (χ0) is 19.8. The van der Waals surface area contributed by atoms with Gasteiger partial charge in [0, 0.05) is 45.5 Å². The molecule has 0 radical (unpaired) electrons. The fourth-order valence-electron chi connectivity index (χ4n) is 2.94. The Morgan fingerprint density at radius 3 is 2.68 bits per heavy atom. The Labute approximate surface area is 170 Å². The topological polar surface area (TPSA) is 89.9 Å². The number of thiophene rings is 1. The second-order valence-corrected chi connectivity index (χ2v) is 9.17. The van der Waals surface area contributed by atoms with Crippen molar-refractivity contribution < 1.29 is 8.42 Å². The standard InChI is InChI=1S/C18H26N6O2S2/c1-2-19-18(21-9-10-22-28(25,26)17-7-5-15-27-17)24-13-11-23(12-14-24)16-6-3-4-8-20-16/h3-8,15,22H,2,9-14H2,1H3,(H,19,21). The highest BCUT2D eigenvalue weighted by atomic mass is 32.2. The van der Waals surface area contributed by atoms with Crippen LogP contribution < -0.4 is 14.9 Å². The van der Waals surface area contributed by atoms with Crippen molar-refractivity contribution in [3.8, 4) is 0 Å². The van der Waals surface area contributed by atoms with Crippen LogP contribution in [0.5, 0.6) is 0 Å². The summed E-state index contributed by atoms with van der Waals surface area (Å²) in [5.74, 6) is 1.81. The molecule has 2 aromatic heterocycles. The van der Waals surface area contributed by atoms with Gasteiger partial charge in [0.25, 0.3) is 0 Å². The predicted molar refractivity (Wildman–Crippen MR) is 114 cm³/mol. The Morgan fingerprint density at radius 1 is 1.21 bits per heavy atom. The number of hydrogen-bond acceptors (Lipinski definition) is 6. The molecular weight excluding hydrogens is 396 g/mol. The first-order valence-corrected chi connectivity index (χ1v) is 11.7. The Morgan fingerprint density at radius 2 is 2.04 bits per heavy atom. The van der Waals surface area contributed by atoms with Gasteiger partial charge in [-0.05, 0) is 30.5 Å². The number of guanidine groups is 1. The molecular formula is C18H26N6O2S2. The maximum absolute atomic E-state index is 12.1. The van der Waals surface area contributed by atoms with Crippen molar-refractivity contribution in [2.75, 3.05) is 50.7 Å². The fourth-order valence-corrected chi connectivity index (χ4v) is 5.00. The molecule has 2 aromatic rings. The molecule has 3 heterocycles. The Kier molecular flexibility index (Phi) is 7.24. The molecule has 1 aliphatic rings. The van der Waals surface area contributed by atoms with Crippen molar-refractivity contribution in [1.29, 1.82) is 0 Å².